The maximum atomic E-state index is 11.6. The van der Waals surface area contributed by atoms with Crippen LogP contribution in [0.3, 0.4) is 0 Å². The number of hydrogen-bond donors (Lipinski definition) is 4. The molecule has 1 aliphatic carbocycles. The summed E-state index contributed by atoms with van der Waals surface area (Å²) in [6, 6.07) is 3.21. The lowest BCUT2D eigenvalue weighted by Crippen LogP contribution is -2.34. The fourth-order valence-corrected chi connectivity index (χ4v) is 3.81. The number of nitrogens with two attached hydrogens (primary N) is 2. The van der Waals surface area contributed by atoms with Gasteiger partial charge in [0.15, 0.2) is 0 Å². The first kappa shape index (κ1) is 16.1. The van der Waals surface area contributed by atoms with Gasteiger partial charge in [0.2, 0.25) is 10.0 Å². The number of hydrogen-bond acceptors (Lipinski definition) is 5. The first-order chi connectivity index (χ1) is 9.82. The molecule has 7 heteroatoms. The van der Waals surface area contributed by atoms with Crippen LogP contribution in [-0.2, 0) is 10.0 Å². The van der Waals surface area contributed by atoms with Crippen molar-refractivity contribution >= 4 is 21.4 Å². The van der Waals surface area contributed by atoms with Gasteiger partial charge in [-0.3, -0.25) is 0 Å². The van der Waals surface area contributed by atoms with E-state index < -0.39 is 10.0 Å². The fourth-order valence-electron chi connectivity index (χ4n) is 2.97. The third-order valence-corrected chi connectivity index (χ3v) is 5.21. The second kappa shape index (κ2) is 6.21. The monoisotopic (exact) mass is 313 g/mol. The molecule has 0 heterocycles. The Kier molecular flexibility index (Phi) is 4.75. The molecule has 2 rings (SSSR count). The van der Waals surface area contributed by atoms with E-state index in [-0.39, 0.29) is 23.5 Å². The van der Waals surface area contributed by atoms with Gasteiger partial charge >= 0.3 is 0 Å². The van der Waals surface area contributed by atoms with Gasteiger partial charge in [-0.05, 0) is 37.5 Å². The lowest BCUT2D eigenvalue weighted by Gasteiger charge is -2.32. The minimum atomic E-state index is -3.81. The predicted octanol–water partition coefficient (Wildman–Crippen LogP) is 1.19. The van der Waals surface area contributed by atoms with Crippen LogP contribution >= 0.6 is 0 Å². The average Bonchev–Trinajstić information content (AvgIpc) is 2.42. The highest BCUT2D eigenvalue weighted by Gasteiger charge is 2.25. The number of nitrogens with one attached hydrogen (secondary N) is 1. The second-order valence-corrected chi connectivity index (χ2v) is 7.24. The molecule has 0 spiro atoms. The molecule has 0 aliphatic heterocycles. The molecule has 2 atom stereocenters. The summed E-state index contributed by atoms with van der Waals surface area (Å²) in [7, 11) is -3.81. The van der Waals surface area contributed by atoms with Gasteiger partial charge in [-0.2, -0.15) is 0 Å². The van der Waals surface area contributed by atoms with Crippen LogP contribution in [0.4, 0.5) is 11.4 Å². The van der Waals surface area contributed by atoms with Gasteiger partial charge in [-0.15, -0.1) is 0 Å². The molecule has 0 saturated heterocycles. The minimum absolute atomic E-state index is 0.0429. The first-order valence-electron chi connectivity index (χ1n) is 7.13. The molecule has 21 heavy (non-hydrogen) atoms. The molecular formula is C14H23N3O3S. The van der Waals surface area contributed by atoms with Crippen molar-refractivity contribution in [2.75, 3.05) is 17.7 Å². The summed E-state index contributed by atoms with van der Waals surface area (Å²) < 4.78 is 23.3. The van der Waals surface area contributed by atoms with Crippen LogP contribution in [0.15, 0.2) is 17.0 Å². The number of sulfonamides is 1. The largest absolute Gasteiger partial charge is 0.399 e. The number of nitrogen functional groups attached to an aromatic ring is 1. The van der Waals surface area contributed by atoms with Crippen molar-refractivity contribution in [3.05, 3.63) is 17.7 Å². The molecular weight excluding hydrogens is 290 g/mol. The normalized spacial score (nSPS) is 23.0. The smallest absolute Gasteiger partial charge is 0.238 e. The van der Waals surface area contributed by atoms with E-state index in [0.717, 1.165) is 25.7 Å². The Morgan fingerprint density at radius 3 is 2.62 bits per heavy atom. The van der Waals surface area contributed by atoms with Gasteiger partial charge in [0.05, 0.1) is 4.90 Å². The van der Waals surface area contributed by atoms with Crippen molar-refractivity contribution in [1.29, 1.82) is 0 Å². The first-order valence-corrected chi connectivity index (χ1v) is 8.68. The maximum absolute atomic E-state index is 11.6. The molecule has 0 aromatic heterocycles. The SMILES string of the molecule is Cc1c(NC2CCCCC2CO)cc(N)cc1S(N)(=O)=O. The van der Waals surface area contributed by atoms with Gasteiger partial charge in [0.1, 0.15) is 0 Å². The Morgan fingerprint density at radius 2 is 2.00 bits per heavy atom. The number of benzene rings is 1. The summed E-state index contributed by atoms with van der Waals surface area (Å²) in [5, 5.41) is 18.0. The highest BCUT2D eigenvalue weighted by molar-refractivity contribution is 7.89. The number of rotatable bonds is 4. The maximum Gasteiger partial charge on any atom is 0.238 e. The minimum Gasteiger partial charge on any atom is -0.399 e. The molecule has 0 bridgehead atoms. The molecule has 6 nitrogen and oxygen atoms in total. The molecule has 1 aliphatic rings. The van der Waals surface area contributed by atoms with Gasteiger partial charge in [0.25, 0.3) is 0 Å². The zero-order valence-electron chi connectivity index (χ0n) is 12.2. The molecule has 1 saturated carbocycles. The molecule has 1 fully saturated rings. The molecule has 118 valence electrons. The number of primary sulfonamides is 1. The quantitative estimate of drug-likeness (QED) is 0.623. The number of anilines is 2. The van der Waals surface area contributed by atoms with Crippen LogP contribution < -0.4 is 16.2 Å². The Labute approximate surface area is 125 Å². The third kappa shape index (κ3) is 3.66. The fraction of sp³-hybridized carbons (Fsp3) is 0.571. The molecule has 1 aromatic rings. The van der Waals surface area contributed by atoms with Crippen LogP contribution in [-0.4, -0.2) is 26.2 Å². The molecule has 6 N–H and O–H groups in total. The average molecular weight is 313 g/mol. The highest BCUT2D eigenvalue weighted by atomic mass is 32.2. The number of aliphatic hydroxyl groups excluding tert-OH is 1. The van der Waals surface area contributed by atoms with E-state index in [0.29, 0.717) is 16.9 Å². The Balaban J connectivity index is 2.34. The van der Waals surface area contributed by atoms with Crippen molar-refractivity contribution < 1.29 is 13.5 Å². The molecule has 1 aromatic carbocycles. The van der Waals surface area contributed by atoms with Crippen molar-refractivity contribution in [3.63, 3.8) is 0 Å². The van der Waals surface area contributed by atoms with Crippen LogP contribution in [0.25, 0.3) is 0 Å². The zero-order valence-corrected chi connectivity index (χ0v) is 13.0. The molecule has 2 unspecified atom stereocenters. The van der Waals surface area contributed by atoms with Crippen LogP contribution in [0.5, 0.6) is 0 Å². The topological polar surface area (TPSA) is 118 Å². The van der Waals surface area contributed by atoms with Crippen molar-refractivity contribution in [1.82, 2.24) is 0 Å². The van der Waals surface area contributed by atoms with E-state index >= 15 is 0 Å². The second-order valence-electron chi connectivity index (χ2n) is 5.71. The van der Waals surface area contributed by atoms with Gasteiger partial charge in [0, 0.05) is 29.9 Å². The zero-order chi connectivity index (χ0) is 15.6. The summed E-state index contributed by atoms with van der Waals surface area (Å²) >= 11 is 0. The Hall–Kier alpha value is -1.31. The molecule has 0 amide bonds. The van der Waals surface area contributed by atoms with Crippen molar-refractivity contribution in [2.45, 2.75) is 43.5 Å². The van der Waals surface area contributed by atoms with E-state index in [4.69, 9.17) is 10.9 Å². The lowest BCUT2D eigenvalue weighted by atomic mass is 9.85. The summed E-state index contributed by atoms with van der Waals surface area (Å²) in [5.74, 6) is 0.178. The Morgan fingerprint density at radius 1 is 1.33 bits per heavy atom. The van der Waals surface area contributed by atoms with Crippen molar-refractivity contribution in [2.24, 2.45) is 11.1 Å². The highest BCUT2D eigenvalue weighted by Crippen LogP contribution is 2.31. The van der Waals surface area contributed by atoms with Gasteiger partial charge in [-0.1, -0.05) is 12.8 Å². The summed E-state index contributed by atoms with van der Waals surface area (Å²) in [5.41, 5.74) is 7.37. The summed E-state index contributed by atoms with van der Waals surface area (Å²) in [4.78, 5) is 0.0429. The standard InChI is InChI=1S/C14H23N3O3S/c1-9-13(6-11(15)7-14(9)21(16,19)20)17-12-5-3-2-4-10(12)8-18/h6-7,10,12,17-18H,2-5,8,15H2,1H3,(H2,16,19,20). The van der Waals surface area contributed by atoms with Crippen LogP contribution in [0.2, 0.25) is 0 Å². The van der Waals surface area contributed by atoms with E-state index in [1.807, 2.05) is 0 Å². The van der Waals surface area contributed by atoms with Gasteiger partial charge in [-0.25, -0.2) is 13.6 Å². The van der Waals surface area contributed by atoms with E-state index in [1.165, 1.54) is 6.07 Å². The van der Waals surface area contributed by atoms with Gasteiger partial charge < -0.3 is 16.2 Å². The van der Waals surface area contributed by atoms with E-state index in [2.05, 4.69) is 5.32 Å². The lowest BCUT2D eigenvalue weighted by molar-refractivity contribution is 0.178. The van der Waals surface area contributed by atoms with Crippen molar-refractivity contribution in [3.8, 4) is 0 Å². The Bertz CT molecular complexity index is 616. The van der Waals surface area contributed by atoms with Crippen LogP contribution in [0.1, 0.15) is 31.2 Å². The summed E-state index contributed by atoms with van der Waals surface area (Å²) in [6.45, 7) is 1.83. The van der Waals surface area contributed by atoms with Crippen LogP contribution in [0, 0.1) is 12.8 Å². The third-order valence-electron chi connectivity index (χ3n) is 4.17. The molecule has 0 radical (unpaired) electrons. The van der Waals surface area contributed by atoms with E-state index in [1.54, 1.807) is 13.0 Å². The summed E-state index contributed by atoms with van der Waals surface area (Å²) in [6.07, 6.45) is 4.13. The van der Waals surface area contributed by atoms with E-state index in [9.17, 15) is 13.5 Å². The number of aliphatic hydroxyl groups is 1. The predicted molar refractivity (Wildman–Crippen MR) is 83.4 cm³/mol.